The van der Waals surface area contributed by atoms with Gasteiger partial charge in [-0.25, -0.2) is 0 Å². The lowest BCUT2D eigenvalue weighted by atomic mass is 10.1. The van der Waals surface area contributed by atoms with Crippen LogP contribution in [0.25, 0.3) is 10.9 Å². The number of nitrogens with zero attached hydrogens (tertiary/aromatic N) is 1. The van der Waals surface area contributed by atoms with Crippen LogP contribution in [0.2, 0.25) is 0 Å². The third-order valence-corrected chi connectivity index (χ3v) is 3.64. The van der Waals surface area contributed by atoms with Gasteiger partial charge in [-0.15, -0.1) is 0 Å². The van der Waals surface area contributed by atoms with Crippen LogP contribution in [-0.4, -0.2) is 18.7 Å². The zero-order chi connectivity index (χ0) is 16.1. The van der Waals surface area contributed by atoms with Gasteiger partial charge in [0.2, 0.25) is 0 Å². The maximum absolute atomic E-state index is 5.55. The van der Waals surface area contributed by atoms with E-state index in [1.165, 1.54) is 0 Å². The smallest absolute Gasteiger partial charge is 0.161 e. The number of rotatable bonds is 6. The first-order valence-corrected chi connectivity index (χ1v) is 7.69. The largest absolute Gasteiger partial charge is 0.493 e. The quantitative estimate of drug-likeness (QED) is 0.739. The van der Waals surface area contributed by atoms with E-state index in [2.05, 4.69) is 22.4 Å². The highest BCUT2D eigenvalue weighted by molar-refractivity contribution is 5.90. The number of benzene rings is 2. The second-order valence-electron chi connectivity index (χ2n) is 5.15. The van der Waals surface area contributed by atoms with Gasteiger partial charge in [-0.2, -0.15) is 0 Å². The van der Waals surface area contributed by atoms with Gasteiger partial charge in [-0.05, 0) is 36.8 Å². The van der Waals surface area contributed by atoms with E-state index in [1.807, 2.05) is 49.5 Å². The summed E-state index contributed by atoms with van der Waals surface area (Å²) in [5.74, 6) is 1.52. The van der Waals surface area contributed by atoms with Crippen LogP contribution in [0, 0.1) is 0 Å². The van der Waals surface area contributed by atoms with Gasteiger partial charge in [-0.3, -0.25) is 4.98 Å². The lowest BCUT2D eigenvalue weighted by Crippen LogP contribution is -2.02. The number of anilines is 1. The molecule has 1 heterocycles. The van der Waals surface area contributed by atoms with Gasteiger partial charge < -0.3 is 14.8 Å². The van der Waals surface area contributed by atoms with E-state index in [-0.39, 0.29) is 0 Å². The summed E-state index contributed by atoms with van der Waals surface area (Å²) in [6.07, 6.45) is 1.81. The third-order valence-electron chi connectivity index (χ3n) is 3.64. The second-order valence-corrected chi connectivity index (χ2v) is 5.15. The Hall–Kier alpha value is -2.75. The van der Waals surface area contributed by atoms with Crippen molar-refractivity contribution in [2.75, 3.05) is 19.0 Å². The molecule has 118 valence electrons. The fraction of sp³-hybridized carbons (Fsp3) is 0.211. The van der Waals surface area contributed by atoms with Crippen molar-refractivity contribution in [3.05, 3.63) is 60.3 Å². The molecule has 0 atom stereocenters. The Morgan fingerprint density at radius 2 is 1.91 bits per heavy atom. The highest BCUT2D eigenvalue weighted by Gasteiger charge is 2.06. The molecule has 23 heavy (non-hydrogen) atoms. The molecule has 0 unspecified atom stereocenters. The Morgan fingerprint density at radius 1 is 1.04 bits per heavy atom. The summed E-state index contributed by atoms with van der Waals surface area (Å²) in [5, 5.41) is 4.57. The normalized spacial score (nSPS) is 10.5. The van der Waals surface area contributed by atoms with Crippen LogP contribution in [0.15, 0.2) is 54.7 Å². The van der Waals surface area contributed by atoms with Crippen molar-refractivity contribution in [2.24, 2.45) is 0 Å². The number of methoxy groups -OCH3 is 1. The number of pyridine rings is 1. The molecule has 0 fully saturated rings. The molecule has 0 aliphatic rings. The Labute approximate surface area is 136 Å². The minimum atomic E-state index is 0.621. The van der Waals surface area contributed by atoms with E-state index in [0.717, 1.165) is 33.7 Å². The van der Waals surface area contributed by atoms with Crippen molar-refractivity contribution < 1.29 is 9.47 Å². The maximum Gasteiger partial charge on any atom is 0.161 e. The van der Waals surface area contributed by atoms with Gasteiger partial charge in [0.1, 0.15) is 0 Å². The molecule has 4 nitrogen and oxygen atoms in total. The van der Waals surface area contributed by atoms with E-state index in [9.17, 15) is 0 Å². The zero-order valence-electron chi connectivity index (χ0n) is 13.4. The molecule has 1 N–H and O–H groups in total. The summed E-state index contributed by atoms with van der Waals surface area (Å²) in [4.78, 5) is 4.46. The maximum atomic E-state index is 5.55. The predicted octanol–water partition coefficient (Wildman–Crippen LogP) is 4.25. The minimum Gasteiger partial charge on any atom is -0.493 e. The first kappa shape index (κ1) is 15.2. The van der Waals surface area contributed by atoms with Crippen LogP contribution in [0.1, 0.15) is 12.5 Å². The van der Waals surface area contributed by atoms with E-state index in [1.54, 1.807) is 7.11 Å². The van der Waals surface area contributed by atoms with Crippen molar-refractivity contribution in [1.29, 1.82) is 0 Å². The van der Waals surface area contributed by atoms with Crippen LogP contribution in [0.4, 0.5) is 5.69 Å². The van der Waals surface area contributed by atoms with Crippen LogP contribution in [0.3, 0.4) is 0 Å². The van der Waals surface area contributed by atoms with Gasteiger partial charge >= 0.3 is 0 Å². The monoisotopic (exact) mass is 308 g/mol. The Morgan fingerprint density at radius 3 is 2.74 bits per heavy atom. The molecule has 2 aromatic carbocycles. The van der Waals surface area contributed by atoms with Crippen molar-refractivity contribution in [3.8, 4) is 11.5 Å². The highest BCUT2D eigenvalue weighted by atomic mass is 16.5. The fourth-order valence-electron chi connectivity index (χ4n) is 2.54. The molecule has 0 bridgehead atoms. The topological polar surface area (TPSA) is 43.4 Å². The summed E-state index contributed by atoms with van der Waals surface area (Å²) in [5.41, 5.74) is 3.13. The van der Waals surface area contributed by atoms with E-state index in [4.69, 9.17) is 9.47 Å². The average Bonchev–Trinajstić information content (AvgIpc) is 2.61. The van der Waals surface area contributed by atoms with Gasteiger partial charge in [0.15, 0.2) is 11.5 Å². The minimum absolute atomic E-state index is 0.621. The molecule has 3 rings (SSSR count). The number of nitrogens with one attached hydrogen (secondary N) is 1. The van der Waals surface area contributed by atoms with Crippen molar-refractivity contribution in [3.63, 3.8) is 0 Å². The molecule has 4 heteroatoms. The SMILES string of the molecule is CCOc1ccc(CNc2cccc3cccnc23)cc1OC. The van der Waals surface area contributed by atoms with Gasteiger partial charge in [-0.1, -0.05) is 24.3 Å². The van der Waals surface area contributed by atoms with Gasteiger partial charge in [0, 0.05) is 18.1 Å². The fourth-order valence-corrected chi connectivity index (χ4v) is 2.54. The second kappa shape index (κ2) is 7.01. The van der Waals surface area contributed by atoms with Crippen molar-refractivity contribution in [1.82, 2.24) is 4.98 Å². The van der Waals surface area contributed by atoms with Crippen LogP contribution in [0.5, 0.6) is 11.5 Å². The van der Waals surface area contributed by atoms with Crippen LogP contribution in [-0.2, 0) is 6.54 Å². The molecule has 0 radical (unpaired) electrons. The third kappa shape index (κ3) is 3.37. The molecule has 0 aliphatic heterocycles. The molecule has 3 aromatic rings. The summed E-state index contributed by atoms with van der Waals surface area (Å²) >= 11 is 0. The number of ether oxygens (including phenoxy) is 2. The van der Waals surface area contributed by atoms with Gasteiger partial charge in [0.05, 0.1) is 24.9 Å². The van der Waals surface area contributed by atoms with Crippen LogP contribution >= 0.6 is 0 Å². The van der Waals surface area contributed by atoms with Gasteiger partial charge in [0.25, 0.3) is 0 Å². The average molecular weight is 308 g/mol. The number of fused-ring (bicyclic) bond motifs is 1. The standard InChI is InChI=1S/C19H20N2O2/c1-3-23-17-10-9-14(12-18(17)22-2)13-21-16-8-4-6-15-7-5-11-20-19(15)16/h4-12,21H,3,13H2,1-2H3. The Kier molecular flexibility index (Phi) is 4.62. The first-order valence-electron chi connectivity index (χ1n) is 7.69. The number of aromatic nitrogens is 1. The number of hydrogen-bond acceptors (Lipinski definition) is 4. The van der Waals surface area contributed by atoms with Crippen molar-refractivity contribution in [2.45, 2.75) is 13.5 Å². The lowest BCUT2D eigenvalue weighted by Gasteiger charge is -2.12. The predicted molar refractivity (Wildman–Crippen MR) is 93.2 cm³/mol. The van der Waals surface area contributed by atoms with E-state index < -0.39 is 0 Å². The molecule has 0 aliphatic carbocycles. The molecule has 0 saturated heterocycles. The molecule has 0 amide bonds. The van der Waals surface area contributed by atoms with Crippen molar-refractivity contribution >= 4 is 16.6 Å². The number of para-hydroxylation sites is 1. The lowest BCUT2D eigenvalue weighted by molar-refractivity contribution is 0.310. The summed E-state index contributed by atoms with van der Waals surface area (Å²) in [6.45, 7) is 3.27. The van der Waals surface area contributed by atoms with E-state index in [0.29, 0.717) is 13.2 Å². The first-order chi connectivity index (χ1) is 11.3. The van der Waals surface area contributed by atoms with Crippen LogP contribution < -0.4 is 14.8 Å². The molecular weight excluding hydrogens is 288 g/mol. The summed E-state index contributed by atoms with van der Waals surface area (Å²) in [6, 6.07) is 16.1. The highest BCUT2D eigenvalue weighted by Crippen LogP contribution is 2.29. The number of hydrogen-bond donors (Lipinski definition) is 1. The summed E-state index contributed by atoms with van der Waals surface area (Å²) in [7, 11) is 1.66. The molecule has 0 spiro atoms. The molecule has 1 aromatic heterocycles. The summed E-state index contributed by atoms with van der Waals surface area (Å²) < 4.78 is 10.9. The Bertz CT molecular complexity index is 797. The molecular formula is C19H20N2O2. The Balaban J connectivity index is 1.80. The van der Waals surface area contributed by atoms with E-state index >= 15 is 0 Å². The molecule has 0 saturated carbocycles. The zero-order valence-corrected chi connectivity index (χ0v) is 13.4.